The van der Waals surface area contributed by atoms with Crippen LogP contribution >= 0.6 is 0 Å². The van der Waals surface area contributed by atoms with Crippen LogP contribution in [0.15, 0.2) is 18.2 Å². The molecule has 0 aliphatic rings. The summed E-state index contributed by atoms with van der Waals surface area (Å²) in [6.07, 6.45) is 0. The summed E-state index contributed by atoms with van der Waals surface area (Å²) in [4.78, 5) is 3.70. The van der Waals surface area contributed by atoms with Gasteiger partial charge in [-0.15, -0.1) is 0 Å². The number of nitrogens with one attached hydrogen (secondary N) is 1. The molecule has 1 aromatic rings. The minimum absolute atomic E-state index is 0.0249. The molecule has 0 aromatic carbocycles. The Balaban J connectivity index is 2.84. The first-order valence-electron chi connectivity index (χ1n) is 4.99. The predicted octanol–water partition coefficient (Wildman–Crippen LogP) is 2.04. The van der Waals surface area contributed by atoms with E-state index in [1.165, 1.54) is 6.07 Å². The quantitative estimate of drug-likeness (QED) is 0.751. The fraction of sp³-hybridized carbons (Fsp3) is 0.545. The topological polar surface area (TPSA) is 45.1 Å². The lowest BCUT2D eigenvalue weighted by atomic mass is 9.89. The third-order valence-electron chi connectivity index (χ3n) is 2.73. The summed E-state index contributed by atoms with van der Waals surface area (Å²) < 4.78 is 12.8. The van der Waals surface area contributed by atoms with Crippen LogP contribution in [0.2, 0.25) is 0 Å². The van der Waals surface area contributed by atoms with Crippen molar-refractivity contribution in [1.29, 1.82) is 0 Å². The molecule has 1 unspecified atom stereocenters. The molecule has 0 saturated carbocycles. The second-order valence-electron chi connectivity index (χ2n) is 4.20. The molecular formula is C11H17FN2O. The number of anilines is 1. The van der Waals surface area contributed by atoms with Crippen LogP contribution in [0.4, 0.5) is 10.2 Å². The second kappa shape index (κ2) is 4.57. The van der Waals surface area contributed by atoms with Gasteiger partial charge in [0.1, 0.15) is 5.82 Å². The number of nitrogens with zero attached hydrogens (tertiary/aromatic N) is 1. The Bertz CT molecular complexity index is 330. The van der Waals surface area contributed by atoms with Gasteiger partial charge in [-0.3, -0.25) is 0 Å². The van der Waals surface area contributed by atoms with Gasteiger partial charge in [-0.05, 0) is 25.0 Å². The van der Waals surface area contributed by atoms with Crippen LogP contribution in [0.25, 0.3) is 0 Å². The molecule has 15 heavy (non-hydrogen) atoms. The van der Waals surface area contributed by atoms with E-state index in [0.717, 1.165) is 0 Å². The van der Waals surface area contributed by atoms with E-state index in [0.29, 0.717) is 5.82 Å². The Kier molecular flexibility index (Phi) is 3.63. The van der Waals surface area contributed by atoms with Crippen molar-refractivity contribution >= 4 is 5.82 Å². The van der Waals surface area contributed by atoms with Gasteiger partial charge in [0.15, 0.2) is 0 Å². The molecule has 3 nitrogen and oxygen atoms in total. The first-order chi connectivity index (χ1) is 6.98. The zero-order valence-electron chi connectivity index (χ0n) is 9.29. The number of pyridine rings is 1. The summed E-state index contributed by atoms with van der Waals surface area (Å²) in [5.41, 5.74) is -0.485. The zero-order chi connectivity index (χ0) is 11.5. The molecule has 1 heterocycles. The maximum absolute atomic E-state index is 12.8. The SMILES string of the molecule is CC(C)C(C)(CO)Nc1cccc(F)n1. The van der Waals surface area contributed by atoms with E-state index in [2.05, 4.69) is 10.3 Å². The molecule has 0 radical (unpaired) electrons. The smallest absolute Gasteiger partial charge is 0.214 e. The lowest BCUT2D eigenvalue weighted by molar-refractivity contribution is 0.185. The van der Waals surface area contributed by atoms with E-state index in [9.17, 15) is 9.50 Å². The summed E-state index contributed by atoms with van der Waals surface area (Å²) in [5.74, 6) is 0.136. The Morgan fingerprint density at radius 3 is 2.67 bits per heavy atom. The maximum Gasteiger partial charge on any atom is 0.214 e. The van der Waals surface area contributed by atoms with Crippen LogP contribution in [0.3, 0.4) is 0 Å². The van der Waals surface area contributed by atoms with Crippen molar-refractivity contribution in [2.75, 3.05) is 11.9 Å². The van der Waals surface area contributed by atoms with Gasteiger partial charge in [0.05, 0.1) is 12.1 Å². The first-order valence-corrected chi connectivity index (χ1v) is 4.99. The van der Waals surface area contributed by atoms with Gasteiger partial charge in [0.25, 0.3) is 0 Å². The predicted molar refractivity (Wildman–Crippen MR) is 58.1 cm³/mol. The Hall–Kier alpha value is -1.16. The fourth-order valence-corrected chi connectivity index (χ4v) is 1.14. The summed E-state index contributed by atoms with van der Waals surface area (Å²) in [6.45, 7) is 5.83. The zero-order valence-corrected chi connectivity index (χ0v) is 9.29. The molecular weight excluding hydrogens is 195 g/mol. The van der Waals surface area contributed by atoms with Gasteiger partial charge in [0.2, 0.25) is 5.95 Å². The Morgan fingerprint density at radius 1 is 1.53 bits per heavy atom. The molecule has 0 aliphatic carbocycles. The molecule has 1 atom stereocenters. The van der Waals surface area contributed by atoms with Crippen LogP contribution in [0, 0.1) is 11.9 Å². The van der Waals surface area contributed by atoms with E-state index >= 15 is 0 Å². The fourth-order valence-electron chi connectivity index (χ4n) is 1.14. The van der Waals surface area contributed by atoms with E-state index < -0.39 is 11.5 Å². The Labute approximate surface area is 89.4 Å². The van der Waals surface area contributed by atoms with Gasteiger partial charge >= 0.3 is 0 Å². The molecule has 2 N–H and O–H groups in total. The normalized spacial score (nSPS) is 15.1. The highest BCUT2D eigenvalue weighted by atomic mass is 19.1. The molecule has 1 aromatic heterocycles. The van der Waals surface area contributed by atoms with Gasteiger partial charge in [-0.2, -0.15) is 4.39 Å². The third kappa shape index (κ3) is 2.89. The lowest BCUT2D eigenvalue weighted by Crippen LogP contribution is -2.44. The van der Waals surface area contributed by atoms with Crippen molar-refractivity contribution in [1.82, 2.24) is 4.98 Å². The van der Waals surface area contributed by atoms with Crippen LogP contribution in [0.5, 0.6) is 0 Å². The van der Waals surface area contributed by atoms with Crippen molar-refractivity contribution in [2.45, 2.75) is 26.3 Å². The van der Waals surface area contributed by atoms with Crippen molar-refractivity contribution in [3.63, 3.8) is 0 Å². The van der Waals surface area contributed by atoms with Gasteiger partial charge in [-0.1, -0.05) is 19.9 Å². The molecule has 0 bridgehead atoms. The van der Waals surface area contributed by atoms with Crippen molar-refractivity contribution in [3.8, 4) is 0 Å². The van der Waals surface area contributed by atoms with E-state index in [4.69, 9.17) is 0 Å². The highest BCUT2D eigenvalue weighted by Gasteiger charge is 2.27. The molecule has 4 heteroatoms. The van der Waals surface area contributed by atoms with E-state index in [-0.39, 0.29) is 12.5 Å². The standard InChI is InChI=1S/C11H17FN2O/c1-8(2)11(3,7-15)14-10-6-4-5-9(12)13-10/h4-6,8,15H,7H2,1-3H3,(H,13,14). The van der Waals surface area contributed by atoms with Crippen molar-refractivity contribution in [2.24, 2.45) is 5.92 Å². The number of rotatable bonds is 4. The van der Waals surface area contributed by atoms with Crippen molar-refractivity contribution in [3.05, 3.63) is 24.1 Å². The monoisotopic (exact) mass is 212 g/mol. The molecule has 84 valence electrons. The van der Waals surface area contributed by atoms with E-state index in [1.807, 2.05) is 20.8 Å². The number of aromatic nitrogens is 1. The molecule has 0 saturated heterocycles. The third-order valence-corrected chi connectivity index (χ3v) is 2.73. The molecule has 0 spiro atoms. The van der Waals surface area contributed by atoms with Crippen LogP contribution in [0.1, 0.15) is 20.8 Å². The van der Waals surface area contributed by atoms with Crippen LogP contribution in [-0.2, 0) is 0 Å². The number of hydrogen-bond acceptors (Lipinski definition) is 3. The highest BCUT2D eigenvalue weighted by Crippen LogP contribution is 2.21. The molecule has 0 aliphatic heterocycles. The van der Waals surface area contributed by atoms with Gasteiger partial charge in [0, 0.05) is 0 Å². The van der Waals surface area contributed by atoms with Gasteiger partial charge in [-0.25, -0.2) is 4.98 Å². The Morgan fingerprint density at radius 2 is 2.20 bits per heavy atom. The lowest BCUT2D eigenvalue weighted by Gasteiger charge is -2.33. The summed E-state index contributed by atoms with van der Waals surface area (Å²) in [7, 11) is 0. The first kappa shape index (κ1) is 11.9. The van der Waals surface area contributed by atoms with E-state index in [1.54, 1.807) is 12.1 Å². The molecule has 0 amide bonds. The molecule has 1 rings (SSSR count). The van der Waals surface area contributed by atoms with Crippen molar-refractivity contribution < 1.29 is 9.50 Å². The average molecular weight is 212 g/mol. The van der Waals surface area contributed by atoms with Crippen LogP contribution < -0.4 is 5.32 Å². The maximum atomic E-state index is 12.8. The summed E-state index contributed by atoms with van der Waals surface area (Å²) >= 11 is 0. The summed E-state index contributed by atoms with van der Waals surface area (Å²) in [5, 5.41) is 12.3. The summed E-state index contributed by atoms with van der Waals surface area (Å²) in [6, 6.07) is 4.55. The van der Waals surface area contributed by atoms with Crippen LogP contribution in [-0.4, -0.2) is 22.2 Å². The average Bonchev–Trinajstić information content (AvgIpc) is 2.17. The molecule has 0 fully saturated rings. The minimum Gasteiger partial charge on any atom is -0.394 e. The number of hydrogen-bond donors (Lipinski definition) is 2. The largest absolute Gasteiger partial charge is 0.394 e. The van der Waals surface area contributed by atoms with Gasteiger partial charge < -0.3 is 10.4 Å². The minimum atomic E-state index is -0.524. The highest BCUT2D eigenvalue weighted by molar-refractivity contribution is 5.37. The second-order valence-corrected chi connectivity index (χ2v) is 4.20. The number of halogens is 1. The number of aliphatic hydroxyl groups is 1. The number of aliphatic hydroxyl groups excluding tert-OH is 1.